The molecule has 0 bridgehead atoms. The molecule has 2 heterocycles. The summed E-state index contributed by atoms with van der Waals surface area (Å²) in [5.41, 5.74) is 15.4. The number of pyridine rings is 1. The van der Waals surface area contributed by atoms with Crippen LogP contribution in [0.3, 0.4) is 0 Å². The summed E-state index contributed by atoms with van der Waals surface area (Å²) >= 11 is 0. The molecule has 132 valence electrons. The summed E-state index contributed by atoms with van der Waals surface area (Å²) in [6.45, 7) is 2.53. The normalized spacial score (nSPS) is 12.1. The zero-order valence-corrected chi connectivity index (χ0v) is 14.4. The highest BCUT2D eigenvalue weighted by molar-refractivity contribution is 6.08. The minimum Gasteiger partial charge on any atom is -0.450 e. The Morgan fingerprint density at radius 3 is 2.72 bits per heavy atom. The van der Waals surface area contributed by atoms with Gasteiger partial charge in [0.15, 0.2) is 5.82 Å². The van der Waals surface area contributed by atoms with Crippen LogP contribution < -0.4 is 22.1 Å². The van der Waals surface area contributed by atoms with Gasteiger partial charge in [-0.2, -0.15) is 0 Å². The van der Waals surface area contributed by atoms with Crippen molar-refractivity contribution >= 4 is 52.9 Å². The third-order valence-corrected chi connectivity index (χ3v) is 3.46. The van der Waals surface area contributed by atoms with Crippen LogP contribution in [0.15, 0.2) is 35.3 Å². The van der Waals surface area contributed by atoms with E-state index in [0.717, 1.165) is 11.3 Å². The molecule has 1 aliphatic heterocycles. The topological polar surface area (TPSA) is 128 Å². The van der Waals surface area contributed by atoms with Crippen molar-refractivity contribution in [2.24, 2.45) is 4.99 Å². The number of nitrogen functional groups attached to an aromatic ring is 2. The van der Waals surface area contributed by atoms with Crippen molar-refractivity contribution in [3.8, 4) is 0 Å². The zero-order chi connectivity index (χ0) is 17.1. The standard InChI is InChI=1S/C16H18N6O2.ClH/c1-2-24-16(23)22-13-7-11-14(15(18)21-13)20-12(8-19-11)9-3-5-10(17)6-4-9;/h3-7,19H,2,8,17H2,1H3,(H3,18,21,22,23);1H. The number of aromatic nitrogens is 1. The number of hydrogen-bond acceptors (Lipinski definition) is 7. The summed E-state index contributed by atoms with van der Waals surface area (Å²) < 4.78 is 4.83. The number of carbonyl (C=O) groups excluding carboxylic acids is 1. The molecule has 1 aromatic carbocycles. The van der Waals surface area contributed by atoms with E-state index in [1.165, 1.54) is 0 Å². The second kappa shape index (κ2) is 7.71. The van der Waals surface area contributed by atoms with Crippen molar-refractivity contribution < 1.29 is 9.53 Å². The van der Waals surface area contributed by atoms with Gasteiger partial charge in [0.1, 0.15) is 11.5 Å². The van der Waals surface area contributed by atoms with Crippen LogP contribution >= 0.6 is 12.4 Å². The van der Waals surface area contributed by atoms with Gasteiger partial charge in [-0.3, -0.25) is 5.32 Å². The van der Waals surface area contributed by atoms with Crippen LogP contribution in [0.25, 0.3) is 0 Å². The van der Waals surface area contributed by atoms with Crippen LogP contribution in [0.5, 0.6) is 0 Å². The lowest BCUT2D eigenvalue weighted by Crippen LogP contribution is -2.20. The predicted molar refractivity (Wildman–Crippen MR) is 102 cm³/mol. The lowest BCUT2D eigenvalue weighted by molar-refractivity contribution is 0.168. The maximum Gasteiger partial charge on any atom is 0.412 e. The van der Waals surface area contributed by atoms with Crippen molar-refractivity contribution in [3.63, 3.8) is 0 Å². The number of anilines is 4. The van der Waals surface area contributed by atoms with Crippen LogP contribution in [0.1, 0.15) is 12.5 Å². The third-order valence-electron chi connectivity index (χ3n) is 3.46. The first kappa shape index (κ1) is 18.3. The summed E-state index contributed by atoms with van der Waals surface area (Å²) in [6.07, 6.45) is -0.578. The monoisotopic (exact) mass is 362 g/mol. The smallest absolute Gasteiger partial charge is 0.412 e. The van der Waals surface area contributed by atoms with E-state index < -0.39 is 6.09 Å². The first-order valence-electron chi connectivity index (χ1n) is 7.48. The van der Waals surface area contributed by atoms with Gasteiger partial charge in [0.05, 0.1) is 24.6 Å². The maximum absolute atomic E-state index is 11.5. The highest BCUT2D eigenvalue weighted by Gasteiger charge is 2.18. The number of fused-ring (bicyclic) bond motifs is 1. The number of hydrogen-bond donors (Lipinski definition) is 4. The van der Waals surface area contributed by atoms with Crippen LogP contribution in [-0.4, -0.2) is 29.9 Å². The van der Waals surface area contributed by atoms with Crippen LogP contribution in [-0.2, 0) is 4.74 Å². The van der Waals surface area contributed by atoms with Gasteiger partial charge in [-0.1, -0.05) is 12.1 Å². The minimum absolute atomic E-state index is 0. The van der Waals surface area contributed by atoms with E-state index in [-0.39, 0.29) is 24.8 Å². The zero-order valence-electron chi connectivity index (χ0n) is 13.6. The number of ether oxygens (including phenoxy) is 1. The summed E-state index contributed by atoms with van der Waals surface area (Å²) in [5.74, 6) is 0.530. The highest BCUT2D eigenvalue weighted by atomic mass is 35.5. The van der Waals surface area contributed by atoms with Crippen molar-refractivity contribution in [2.75, 3.05) is 35.3 Å². The van der Waals surface area contributed by atoms with Gasteiger partial charge in [0.25, 0.3) is 0 Å². The number of nitrogens with two attached hydrogens (primary N) is 2. The van der Waals surface area contributed by atoms with Crippen LogP contribution in [0.2, 0.25) is 0 Å². The number of carbonyl (C=O) groups is 1. The average Bonchev–Trinajstić information content (AvgIpc) is 2.55. The molecule has 0 atom stereocenters. The third kappa shape index (κ3) is 4.10. The largest absolute Gasteiger partial charge is 0.450 e. The average molecular weight is 363 g/mol. The minimum atomic E-state index is -0.578. The van der Waals surface area contributed by atoms with E-state index in [0.29, 0.717) is 29.4 Å². The molecule has 8 nitrogen and oxygen atoms in total. The van der Waals surface area contributed by atoms with Crippen LogP contribution in [0.4, 0.5) is 33.5 Å². The molecular weight excluding hydrogens is 344 g/mol. The molecule has 0 aliphatic carbocycles. The Labute approximate surface area is 151 Å². The first-order chi connectivity index (χ1) is 11.6. The van der Waals surface area contributed by atoms with Gasteiger partial charge in [-0.25, -0.2) is 14.8 Å². The Morgan fingerprint density at radius 2 is 2.04 bits per heavy atom. The van der Waals surface area contributed by atoms with E-state index in [9.17, 15) is 4.79 Å². The van der Waals surface area contributed by atoms with Crippen molar-refractivity contribution in [1.82, 2.24) is 4.98 Å². The number of nitrogens with one attached hydrogen (secondary N) is 2. The van der Waals surface area contributed by atoms with Gasteiger partial charge >= 0.3 is 6.09 Å². The molecule has 2 aromatic rings. The van der Waals surface area contributed by atoms with Gasteiger partial charge < -0.3 is 21.5 Å². The number of benzene rings is 1. The van der Waals surface area contributed by atoms with E-state index in [2.05, 4.69) is 20.6 Å². The molecule has 25 heavy (non-hydrogen) atoms. The molecule has 6 N–H and O–H groups in total. The van der Waals surface area contributed by atoms with E-state index >= 15 is 0 Å². The molecule has 0 unspecified atom stereocenters. The Morgan fingerprint density at radius 1 is 1.32 bits per heavy atom. The maximum atomic E-state index is 11.5. The van der Waals surface area contributed by atoms with Gasteiger partial charge in [-0.05, 0) is 24.6 Å². The van der Waals surface area contributed by atoms with Crippen molar-refractivity contribution in [2.45, 2.75) is 6.92 Å². The quantitative estimate of drug-likeness (QED) is 0.621. The summed E-state index contributed by atoms with van der Waals surface area (Å²) in [7, 11) is 0. The molecule has 0 saturated carbocycles. The molecule has 3 rings (SSSR count). The van der Waals surface area contributed by atoms with E-state index in [4.69, 9.17) is 16.2 Å². The first-order valence-corrected chi connectivity index (χ1v) is 7.48. The lowest BCUT2D eigenvalue weighted by Gasteiger charge is -2.20. The van der Waals surface area contributed by atoms with Gasteiger partial charge in [0, 0.05) is 11.8 Å². The summed E-state index contributed by atoms with van der Waals surface area (Å²) in [6, 6.07) is 9.12. The number of amides is 1. The fourth-order valence-electron chi connectivity index (χ4n) is 2.34. The fourth-order valence-corrected chi connectivity index (χ4v) is 2.34. The van der Waals surface area contributed by atoms with Crippen molar-refractivity contribution in [1.29, 1.82) is 0 Å². The molecule has 0 saturated heterocycles. The number of rotatable bonds is 3. The Balaban J connectivity index is 0.00000225. The molecule has 0 radical (unpaired) electrons. The van der Waals surface area contributed by atoms with Crippen molar-refractivity contribution in [3.05, 3.63) is 35.9 Å². The second-order valence-corrected chi connectivity index (χ2v) is 5.17. The Hall–Kier alpha value is -3.00. The number of nitrogens with zero attached hydrogens (tertiary/aromatic N) is 2. The number of aliphatic imine (C=N–C) groups is 1. The molecule has 1 aromatic heterocycles. The second-order valence-electron chi connectivity index (χ2n) is 5.17. The van der Waals surface area contributed by atoms with E-state index in [1.54, 1.807) is 13.0 Å². The summed E-state index contributed by atoms with van der Waals surface area (Å²) in [4.78, 5) is 20.2. The van der Waals surface area contributed by atoms with Gasteiger partial charge in [0.2, 0.25) is 0 Å². The molecule has 1 amide bonds. The molecule has 1 aliphatic rings. The molecular formula is C16H19ClN6O2. The molecule has 9 heteroatoms. The number of halogens is 1. The highest BCUT2D eigenvalue weighted by Crippen LogP contribution is 2.35. The lowest BCUT2D eigenvalue weighted by atomic mass is 10.1. The Bertz CT molecular complexity index is 807. The van der Waals surface area contributed by atoms with E-state index in [1.807, 2.05) is 24.3 Å². The SMILES string of the molecule is CCOC(=O)Nc1cc2c(c(N)n1)N=C(c1ccc(N)cc1)CN2.Cl. The Kier molecular flexibility index (Phi) is 5.66. The molecule has 0 fully saturated rings. The fraction of sp³-hybridized carbons (Fsp3) is 0.188. The van der Waals surface area contributed by atoms with Crippen LogP contribution in [0, 0.1) is 0 Å². The van der Waals surface area contributed by atoms with Gasteiger partial charge in [-0.15, -0.1) is 12.4 Å². The predicted octanol–water partition coefficient (Wildman–Crippen LogP) is 2.78. The molecule has 0 spiro atoms. The summed E-state index contributed by atoms with van der Waals surface area (Å²) in [5, 5.41) is 5.77.